The van der Waals surface area contributed by atoms with Gasteiger partial charge in [0, 0.05) is 0 Å². The molecule has 0 amide bonds. The van der Waals surface area contributed by atoms with Crippen LogP contribution in [0.15, 0.2) is 96.1 Å². The van der Waals surface area contributed by atoms with E-state index in [0.29, 0.717) is 19.1 Å². The molecule has 2 unspecified atom stereocenters. The molecule has 0 fully saturated rings. The molecular weight excluding hydrogens is 643 g/mol. The standard InChI is InChI=1S/2C20H21.2ClH.Zr/c2*1-4-15-8-10-16(11-9-15)19-7-5-6-17-12-18(14(2)3)13-20(17)19;;;/h2*5-14H,4H2,1-3H3;2*1H;/q;;;;+2/p-2. The van der Waals surface area contributed by atoms with Crippen LogP contribution in [0.4, 0.5) is 0 Å². The van der Waals surface area contributed by atoms with Gasteiger partial charge in [0.15, 0.2) is 0 Å². The Morgan fingerprint density at radius 1 is 0.535 bits per heavy atom. The molecule has 0 saturated heterocycles. The molecule has 0 spiro atoms. The van der Waals surface area contributed by atoms with E-state index in [1.807, 2.05) is 0 Å². The fourth-order valence-electron chi connectivity index (χ4n) is 6.73. The smallest absolute Gasteiger partial charge is 1.00 e. The van der Waals surface area contributed by atoms with Crippen molar-refractivity contribution < 1.29 is 48.0 Å². The SMILES string of the molecule is CCc1ccc(-c2cccc3c2C=C(C(C)C)[CH]3[Zr+2][CH]2C(C(C)C)=Cc3c(-c4ccc(CC)cc4)cccc32)cc1.[Cl-].[Cl-]. The predicted molar refractivity (Wildman–Crippen MR) is 174 cm³/mol. The van der Waals surface area contributed by atoms with Gasteiger partial charge < -0.3 is 24.8 Å². The summed E-state index contributed by atoms with van der Waals surface area (Å²) in [6, 6.07) is 32.7. The third kappa shape index (κ3) is 6.47. The van der Waals surface area contributed by atoms with E-state index in [-0.39, 0.29) is 24.8 Å². The minimum Gasteiger partial charge on any atom is -1.00 e. The van der Waals surface area contributed by atoms with Crippen molar-refractivity contribution in [2.45, 2.75) is 61.6 Å². The number of halogens is 2. The molecule has 0 N–H and O–H groups in total. The second kappa shape index (κ2) is 14.3. The Bertz CT molecular complexity index is 1500. The average Bonchev–Trinajstić information content (AvgIpc) is 3.56. The van der Waals surface area contributed by atoms with Gasteiger partial charge >= 0.3 is 261 Å². The van der Waals surface area contributed by atoms with Crippen LogP contribution >= 0.6 is 0 Å². The first-order valence-electron chi connectivity index (χ1n) is 15.5. The van der Waals surface area contributed by atoms with Crippen LogP contribution in [0.25, 0.3) is 34.4 Å². The summed E-state index contributed by atoms with van der Waals surface area (Å²) in [7, 11) is 0. The number of hydrogen-bond acceptors (Lipinski definition) is 0. The van der Waals surface area contributed by atoms with Gasteiger partial charge in [-0.2, -0.15) is 0 Å². The fourth-order valence-corrected chi connectivity index (χ4v) is 12.7. The van der Waals surface area contributed by atoms with E-state index in [9.17, 15) is 0 Å². The van der Waals surface area contributed by atoms with Crippen molar-refractivity contribution in [1.29, 1.82) is 0 Å². The van der Waals surface area contributed by atoms with E-state index in [2.05, 4.69) is 139 Å². The van der Waals surface area contributed by atoms with Crippen molar-refractivity contribution in [1.82, 2.24) is 0 Å². The van der Waals surface area contributed by atoms with Crippen molar-refractivity contribution in [3.05, 3.63) is 129 Å². The van der Waals surface area contributed by atoms with E-state index in [0.717, 1.165) is 12.8 Å². The van der Waals surface area contributed by atoms with Crippen LogP contribution in [0.3, 0.4) is 0 Å². The van der Waals surface area contributed by atoms with Gasteiger partial charge in [0.1, 0.15) is 0 Å². The van der Waals surface area contributed by atoms with Crippen LogP contribution in [0.1, 0.15) is 82.2 Å². The molecule has 0 saturated carbocycles. The Morgan fingerprint density at radius 2 is 0.907 bits per heavy atom. The normalized spacial score (nSPS) is 16.6. The van der Waals surface area contributed by atoms with Gasteiger partial charge in [-0.3, -0.25) is 0 Å². The summed E-state index contributed by atoms with van der Waals surface area (Å²) in [5.41, 5.74) is 17.7. The maximum absolute atomic E-state index is 2.58. The summed E-state index contributed by atoms with van der Waals surface area (Å²) in [4.78, 5) is 0. The van der Waals surface area contributed by atoms with Gasteiger partial charge in [-0.15, -0.1) is 0 Å². The third-order valence-electron chi connectivity index (χ3n) is 9.20. The summed E-state index contributed by atoms with van der Waals surface area (Å²) in [5, 5.41) is 0. The maximum Gasteiger partial charge on any atom is -1.00 e. The summed E-state index contributed by atoms with van der Waals surface area (Å²) in [6.45, 7) is 14.1. The minimum atomic E-state index is -0.966. The molecule has 0 aliphatic heterocycles. The summed E-state index contributed by atoms with van der Waals surface area (Å²) >= 11 is -0.966. The van der Waals surface area contributed by atoms with Crippen LogP contribution in [-0.4, -0.2) is 0 Å². The Hall–Kier alpha value is -2.18. The van der Waals surface area contributed by atoms with Crippen LogP contribution in [0.2, 0.25) is 0 Å². The molecular formula is C40H42Cl2Zr. The van der Waals surface area contributed by atoms with Crippen molar-refractivity contribution in [3.8, 4) is 22.3 Å². The van der Waals surface area contributed by atoms with Gasteiger partial charge in [0.05, 0.1) is 0 Å². The molecule has 43 heavy (non-hydrogen) atoms. The van der Waals surface area contributed by atoms with E-state index in [1.165, 1.54) is 44.5 Å². The van der Waals surface area contributed by atoms with Gasteiger partial charge in [0.2, 0.25) is 0 Å². The summed E-state index contributed by atoms with van der Waals surface area (Å²) in [6.07, 6.45) is 7.32. The Labute approximate surface area is 283 Å². The molecule has 4 aromatic carbocycles. The Balaban J connectivity index is 0.00000212. The number of aryl methyl sites for hydroxylation is 2. The number of rotatable bonds is 8. The predicted octanol–water partition coefficient (Wildman–Crippen LogP) is 5.12. The zero-order valence-electron chi connectivity index (χ0n) is 26.2. The first-order valence-corrected chi connectivity index (χ1v) is 18.4. The van der Waals surface area contributed by atoms with Crippen molar-refractivity contribution in [3.63, 3.8) is 0 Å². The van der Waals surface area contributed by atoms with Crippen LogP contribution < -0.4 is 24.8 Å². The number of hydrogen-bond donors (Lipinski definition) is 0. The molecule has 0 heterocycles. The fraction of sp³-hybridized carbons (Fsp3) is 0.300. The maximum atomic E-state index is 2.58. The molecule has 6 rings (SSSR count). The van der Waals surface area contributed by atoms with Crippen LogP contribution in [0.5, 0.6) is 0 Å². The molecule has 3 heteroatoms. The molecule has 0 radical (unpaired) electrons. The Morgan fingerprint density at radius 3 is 1.23 bits per heavy atom. The third-order valence-corrected chi connectivity index (χ3v) is 14.0. The summed E-state index contributed by atoms with van der Waals surface area (Å²) in [5.74, 6) is 1.11. The van der Waals surface area contributed by atoms with E-state index < -0.39 is 23.2 Å². The van der Waals surface area contributed by atoms with Crippen LogP contribution in [-0.2, 0) is 36.1 Å². The van der Waals surface area contributed by atoms with Gasteiger partial charge in [-0.1, -0.05) is 0 Å². The molecule has 4 aromatic rings. The molecule has 220 valence electrons. The van der Waals surface area contributed by atoms with Crippen molar-refractivity contribution in [2.75, 3.05) is 0 Å². The second-order valence-corrected chi connectivity index (χ2v) is 16.0. The number of allylic oxidation sites excluding steroid dienone is 2. The van der Waals surface area contributed by atoms with E-state index in [4.69, 9.17) is 0 Å². The van der Waals surface area contributed by atoms with Crippen molar-refractivity contribution >= 4 is 12.2 Å². The molecule has 0 bridgehead atoms. The average molecular weight is 685 g/mol. The van der Waals surface area contributed by atoms with Crippen molar-refractivity contribution in [2.24, 2.45) is 11.8 Å². The largest absolute Gasteiger partial charge is 1.00 e. The zero-order chi connectivity index (χ0) is 28.7. The first-order chi connectivity index (χ1) is 19.9. The zero-order valence-corrected chi connectivity index (χ0v) is 30.2. The second-order valence-electron chi connectivity index (χ2n) is 12.3. The van der Waals surface area contributed by atoms with Gasteiger partial charge in [-0.05, 0) is 0 Å². The van der Waals surface area contributed by atoms with E-state index >= 15 is 0 Å². The Kier molecular flexibility index (Phi) is 11.2. The molecule has 2 aliphatic carbocycles. The topological polar surface area (TPSA) is 0 Å². The summed E-state index contributed by atoms with van der Waals surface area (Å²) < 4.78 is 1.21. The van der Waals surface area contributed by atoms with Gasteiger partial charge in [0.25, 0.3) is 0 Å². The molecule has 2 aliphatic rings. The van der Waals surface area contributed by atoms with E-state index in [1.54, 1.807) is 22.3 Å². The molecule has 0 nitrogen and oxygen atoms in total. The first kappa shape index (κ1) is 33.7. The van der Waals surface area contributed by atoms with Gasteiger partial charge in [-0.25, -0.2) is 0 Å². The number of fused-ring (bicyclic) bond motifs is 2. The quantitative estimate of drug-likeness (QED) is 0.242. The number of benzene rings is 4. The minimum absolute atomic E-state index is 0. The monoisotopic (exact) mass is 682 g/mol. The van der Waals surface area contributed by atoms with Crippen LogP contribution in [0, 0.1) is 11.8 Å². The molecule has 0 aromatic heterocycles. The molecule has 2 atom stereocenters.